The first-order valence-corrected chi connectivity index (χ1v) is 10.0. The molecule has 0 aliphatic heterocycles. The maximum Gasteiger partial charge on any atom is 0.341 e. The van der Waals surface area contributed by atoms with E-state index >= 15 is 0 Å². The topological polar surface area (TPSA) is 79.0 Å². The Hall–Kier alpha value is -1.93. The van der Waals surface area contributed by atoms with E-state index in [1.165, 1.54) is 16.2 Å². The van der Waals surface area contributed by atoms with Gasteiger partial charge in [-0.25, -0.2) is 4.79 Å². The predicted molar refractivity (Wildman–Crippen MR) is 106 cm³/mol. The third kappa shape index (κ3) is 5.52. The number of amides is 2. The number of hydrogen-bond acceptors (Lipinski definition) is 6. The zero-order valence-corrected chi connectivity index (χ0v) is 17.6. The third-order valence-corrected chi connectivity index (χ3v) is 5.73. The zero-order valence-electron chi connectivity index (χ0n) is 16.8. The van der Waals surface area contributed by atoms with Gasteiger partial charge in [0, 0.05) is 19.0 Å². The molecule has 1 aromatic rings. The van der Waals surface area contributed by atoms with Crippen molar-refractivity contribution in [2.24, 2.45) is 5.92 Å². The minimum absolute atomic E-state index is 0.0703. The van der Waals surface area contributed by atoms with Crippen molar-refractivity contribution in [1.82, 2.24) is 9.80 Å². The molecule has 1 heterocycles. The minimum Gasteiger partial charge on any atom is -0.462 e. The van der Waals surface area contributed by atoms with Crippen molar-refractivity contribution < 1.29 is 19.1 Å². The molecule has 0 spiro atoms. The van der Waals surface area contributed by atoms with Gasteiger partial charge in [0.05, 0.1) is 25.3 Å². The van der Waals surface area contributed by atoms with Gasteiger partial charge in [0.15, 0.2) is 0 Å². The number of fused-ring (bicyclic) bond motifs is 1. The molecule has 1 aromatic heterocycles. The fraction of sp³-hybridized carbons (Fsp3) is 0.632. The van der Waals surface area contributed by atoms with Crippen molar-refractivity contribution in [2.75, 3.05) is 46.2 Å². The molecule has 0 bridgehead atoms. The zero-order chi connectivity index (χ0) is 20.1. The lowest BCUT2D eigenvalue weighted by Crippen LogP contribution is -2.38. The van der Waals surface area contributed by atoms with Crippen molar-refractivity contribution in [3.63, 3.8) is 0 Å². The Balaban J connectivity index is 2.14. The molecular formula is C19H29N3O4S. The quantitative estimate of drug-likeness (QED) is 0.715. The third-order valence-electron chi connectivity index (χ3n) is 4.56. The molecule has 7 nitrogen and oxygen atoms in total. The highest BCUT2D eigenvalue weighted by Gasteiger charge is 2.29. The number of ether oxygens (including phenoxy) is 1. The van der Waals surface area contributed by atoms with Gasteiger partial charge in [-0.1, -0.05) is 6.92 Å². The Kier molecular flexibility index (Phi) is 7.38. The van der Waals surface area contributed by atoms with Crippen LogP contribution in [0.2, 0.25) is 0 Å². The Morgan fingerprint density at radius 3 is 2.56 bits per heavy atom. The van der Waals surface area contributed by atoms with Crippen LogP contribution in [0.1, 0.15) is 41.1 Å². The van der Waals surface area contributed by atoms with Crippen LogP contribution in [-0.2, 0) is 27.2 Å². The SMILES string of the molecule is CCOC(=O)c1c(NC(=O)CN(C)CC(=O)N(C)C)sc2c1CC[C@@H](C)C2. The summed E-state index contributed by atoms with van der Waals surface area (Å²) in [5.74, 6) is -0.131. The van der Waals surface area contributed by atoms with Gasteiger partial charge in [0.25, 0.3) is 0 Å². The van der Waals surface area contributed by atoms with E-state index in [0.717, 1.165) is 29.7 Å². The number of likely N-dealkylation sites (N-methyl/N-ethyl adjacent to an activating group) is 2. The molecule has 0 fully saturated rings. The summed E-state index contributed by atoms with van der Waals surface area (Å²) < 4.78 is 5.22. The summed E-state index contributed by atoms with van der Waals surface area (Å²) in [6, 6.07) is 0. The van der Waals surface area contributed by atoms with E-state index in [0.29, 0.717) is 23.1 Å². The normalized spacial score (nSPS) is 16.0. The lowest BCUT2D eigenvalue weighted by molar-refractivity contribution is -0.130. The summed E-state index contributed by atoms with van der Waals surface area (Å²) in [6.45, 7) is 4.49. The van der Waals surface area contributed by atoms with Gasteiger partial charge in [-0.15, -0.1) is 11.3 Å². The number of hydrogen-bond donors (Lipinski definition) is 1. The van der Waals surface area contributed by atoms with E-state index in [9.17, 15) is 14.4 Å². The van der Waals surface area contributed by atoms with Crippen LogP contribution in [0.3, 0.4) is 0 Å². The van der Waals surface area contributed by atoms with Crippen LogP contribution in [0, 0.1) is 5.92 Å². The number of rotatable bonds is 7. The Morgan fingerprint density at radius 2 is 1.93 bits per heavy atom. The summed E-state index contributed by atoms with van der Waals surface area (Å²) in [4.78, 5) is 41.0. The highest BCUT2D eigenvalue weighted by molar-refractivity contribution is 7.17. The number of anilines is 1. The molecule has 0 radical (unpaired) electrons. The lowest BCUT2D eigenvalue weighted by Gasteiger charge is -2.19. The molecular weight excluding hydrogens is 366 g/mol. The highest BCUT2D eigenvalue weighted by atomic mass is 32.1. The first-order valence-electron chi connectivity index (χ1n) is 9.23. The second kappa shape index (κ2) is 9.32. The van der Waals surface area contributed by atoms with E-state index in [-0.39, 0.29) is 30.9 Å². The monoisotopic (exact) mass is 395 g/mol. The molecule has 27 heavy (non-hydrogen) atoms. The van der Waals surface area contributed by atoms with Crippen LogP contribution in [0.25, 0.3) is 0 Å². The van der Waals surface area contributed by atoms with Gasteiger partial charge >= 0.3 is 5.97 Å². The van der Waals surface area contributed by atoms with Gasteiger partial charge in [-0.05, 0) is 44.7 Å². The Labute approximate surface area is 164 Å². The van der Waals surface area contributed by atoms with Crippen LogP contribution in [0.15, 0.2) is 0 Å². The summed E-state index contributed by atoms with van der Waals surface area (Å²) >= 11 is 1.47. The molecule has 8 heteroatoms. The molecule has 150 valence electrons. The fourth-order valence-electron chi connectivity index (χ4n) is 3.10. The van der Waals surface area contributed by atoms with Gasteiger partial charge in [0.1, 0.15) is 5.00 Å². The van der Waals surface area contributed by atoms with Crippen molar-refractivity contribution in [3.8, 4) is 0 Å². The van der Waals surface area contributed by atoms with E-state index in [2.05, 4.69) is 12.2 Å². The molecule has 2 rings (SSSR count). The summed E-state index contributed by atoms with van der Waals surface area (Å²) in [5, 5.41) is 3.43. The molecule has 1 aliphatic rings. The molecule has 0 aromatic carbocycles. The smallest absolute Gasteiger partial charge is 0.341 e. The molecule has 1 N–H and O–H groups in total. The Morgan fingerprint density at radius 1 is 1.22 bits per heavy atom. The minimum atomic E-state index is -0.379. The van der Waals surface area contributed by atoms with E-state index in [1.54, 1.807) is 33.0 Å². The van der Waals surface area contributed by atoms with Gasteiger partial charge in [0.2, 0.25) is 11.8 Å². The maximum absolute atomic E-state index is 12.5. The number of thiophene rings is 1. The fourth-order valence-corrected chi connectivity index (χ4v) is 4.51. The second-order valence-electron chi connectivity index (χ2n) is 7.28. The van der Waals surface area contributed by atoms with E-state index in [1.807, 2.05) is 0 Å². The second-order valence-corrected chi connectivity index (χ2v) is 8.39. The van der Waals surface area contributed by atoms with Crippen LogP contribution in [0.5, 0.6) is 0 Å². The van der Waals surface area contributed by atoms with Gasteiger partial charge in [-0.2, -0.15) is 0 Å². The number of nitrogens with zero attached hydrogens (tertiary/aromatic N) is 2. The summed E-state index contributed by atoms with van der Waals surface area (Å²) in [7, 11) is 5.08. The van der Waals surface area contributed by atoms with Crippen LogP contribution < -0.4 is 5.32 Å². The average molecular weight is 396 g/mol. The summed E-state index contributed by atoms with van der Waals surface area (Å²) in [6.07, 6.45) is 2.77. The molecule has 0 saturated carbocycles. The van der Waals surface area contributed by atoms with Crippen molar-refractivity contribution in [1.29, 1.82) is 0 Å². The van der Waals surface area contributed by atoms with Crippen LogP contribution in [-0.4, -0.2) is 68.4 Å². The Bertz CT molecular complexity index is 714. The number of esters is 1. The van der Waals surface area contributed by atoms with Crippen molar-refractivity contribution in [2.45, 2.75) is 33.1 Å². The molecule has 0 saturated heterocycles. The largest absolute Gasteiger partial charge is 0.462 e. The first-order chi connectivity index (χ1) is 12.7. The average Bonchev–Trinajstić information content (AvgIpc) is 2.91. The number of carbonyl (C=O) groups excluding carboxylic acids is 3. The van der Waals surface area contributed by atoms with Crippen LogP contribution in [0.4, 0.5) is 5.00 Å². The molecule has 0 unspecified atom stereocenters. The number of carbonyl (C=O) groups is 3. The van der Waals surface area contributed by atoms with Crippen molar-refractivity contribution in [3.05, 3.63) is 16.0 Å². The lowest BCUT2D eigenvalue weighted by atomic mass is 9.88. The van der Waals surface area contributed by atoms with Crippen molar-refractivity contribution >= 4 is 34.1 Å². The van der Waals surface area contributed by atoms with Gasteiger partial charge < -0.3 is 15.0 Å². The van der Waals surface area contributed by atoms with Gasteiger partial charge in [-0.3, -0.25) is 14.5 Å². The number of nitrogens with one attached hydrogen (secondary N) is 1. The highest BCUT2D eigenvalue weighted by Crippen LogP contribution is 2.40. The van der Waals surface area contributed by atoms with E-state index in [4.69, 9.17) is 4.74 Å². The standard InChI is InChI=1S/C19H29N3O4S/c1-6-26-19(25)17-13-8-7-12(2)9-14(13)27-18(17)20-15(23)10-22(5)11-16(24)21(3)4/h12H,6-11H2,1-5H3,(H,20,23)/t12-/m1/s1. The first kappa shape index (κ1) is 21.4. The van der Waals surface area contributed by atoms with Crippen LogP contribution >= 0.6 is 11.3 Å². The molecule has 1 atom stereocenters. The van der Waals surface area contributed by atoms with E-state index < -0.39 is 0 Å². The summed E-state index contributed by atoms with van der Waals surface area (Å²) in [5.41, 5.74) is 1.52. The maximum atomic E-state index is 12.5. The molecule has 1 aliphatic carbocycles. The predicted octanol–water partition coefficient (Wildman–Crippen LogP) is 2.01. The molecule has 2 amide bonds.